The zero-order chi connectivity index (χ0) is 12.0. The monoisotopic (exact) mass is 227 g/mol. The maximum atomic E-state index is 2.55. The number of likely N-dealkylation sites (N-methyl/N-ethyl adjacent to an activating group) is 1. The molecule has 2 bridgehead atoms. The summed E-state index contributed by atoms with van der Waals surface area (Å²) in [5.41, 5.74) is 5.93. The summed E-state index contributed by atoms with van der Waals surface area (Å²) in [5, 5.41) is 0. The van der Waals surface area contributed by atoms with Crippen molar-refractivity contribution in [1.29, 1.82) is 0 Å². The van der Waals surface area contributed by atoms with Gasteiger partial charge in [0.15, 0.2) is 0 Å². The van der Waals surface area contributed by atoms with Crippen molar-refractivity contribution in [1.82, 2.24) is 4.90 Å². The van der Waals surface area contributed by atoms with E-state index < -0.39 is 0 Å². The number of hydrogen-bond donors (Lipinski definition) is 0. The molecule has 1 heteroatoms. The van der Waals surface area contributed by atoms with Crippen molar-refractivity contribution >= 4 is 5.57 Å². The Hall–Kier alpha value is -1.08. The fourth-order valence-corrected chi connectivity index (χ4v) is 3.34. The van der Waals surface area contributed by atoms with Gasteiger partial charge in [-0.3, -0.25) is 4.90 Å². The van der Waals surface area contributed by atoms with E-state index in [0.29, 0.717) is 6.04 Å². The average molecular weight is 227 g/mol. The molecule has 1 nitrogen and oxygen atoms in total. The molecular weight excluding hydrogens is 206 g/mol. The van der Waals surface area contributed by atoms with Gasteiger partial charge in [0.25, 0.3) is 0 Å². The van der Waals surface area contributed by atoms with Gasteiger partial charge in [-0.1, -0.05) is 24.3 Å². The lowest BCUT2D eigenvalue weighted by Crippen LogP contribution is -2.34. The summed E-state index contributed by atoms with van der Waals surface area (Å²) in [5.74, 6) is 0. The molecule has 0 aromatic heterocycles. The van der Waals surface area contributed by atoms with Gasteiger partial charge in [-0.15, -0.1) is 0 Å². The van der Waals surface area contributed by atoms with Crippen LogP contribution in [0.2, 0.25) is 0 Å². The van der Waals surface area contributed by atoms with E-state index in [-0.39, 0.29) is 0 Å². The highest BCUT2D eigenvalue weighted by Crippen LogP contribution is 2.38. The minimum Gasteiger partial charge on any atom is -0.297 e. The van der Waals surface area contributed by atoms with Crippen molar-refractivity contribution in [2.45, 2.75) is 45.2 Å². The van der Waals surface area contributed by atoms with Crippen LogP contribution >= 0.6 is 0 Å². The van der Waals surface area contributed by atoms with Crippen LogP contribution in [0, 0.1) is 13.8 Å². The van der Waals surface area contributed by atoms with Crippen molar-refractivity contribution < 1.29 is 0 Å². The minimum absolute atomic E-state index is 0.684. The Labute approximate surface area is 104 Å². The predicted molar refractivity (Wildman–Crippen MR) is 73.1 cm³/mol. The van der Waals surface area contributed by atoms with Crippen molar-refractivity contribution in [3.8, 4) is 0 Å². The molecule has 2 atom stereocenters. The van der Waals surface area contributed by atoms with E-state index >= 15 is 0 Å². The lowest BCUT2D eigenvalue weighted by Gasteiger charge is -2.31. The van der Waals surface area contributed by atoms with E-state index in [1.54, 1.807) is 5.57 Å². The van der Waals surface area contributed by atoms with Crippen LogP contribution in [-0.4, -0.2) is 24.0 Å². The smallest absolute Gasteiger partial charge is 0.0284 e. The van der Waals surface area contributed by atoms with Crippen LogP contribution in [0.15, 0.2) is 24.3 Å². The molecule has 2 aliphatic heterocycles. The van der Waals surface area contributed by atoms with E-state index in [0.717, 1.165) is 6.04 Å². The maximum absolute atomic E-state index is 2.55. The molecule has 1 aromatic rings. The van der Waals surface area contributed by atoms with Gasteiger partial charge < -0.3 is 0 Å². The largest absolute Gasteiger partial charge is 0.297 e. The molecule has 2 unspecified atom stereocenters. The second kappa shape index (κ2) is 3.99. The number of benzene rings is 1. The first-order valence-corrected chi connectivity index (χ1v) is 6.66. The molecule has 1 saturated heterocycles. The Bertz CT molecular complexity index is 472. The summed E-state index contributed by atoms with van der Waals surface area (Å²) in [7, 11) is 2.28. The number of aryl methyl sites for hydroxylation is 1. The highest BCUT2D eigenvalue weighted by atomic mass is 15.2. The zero-order valence-electron chi connectivity index (χ0n) is 11.0. The van der Waals surface area contributed by atoms with Crippen LogP contribution in [0.25, 0.3) is 5.57 Å². The second-order valence-corrected chi connectivity index (χ2v) is 5.61. The minimum atomic E-state index is 0.684. The average Bonchev–Trinajstić information content (AvgIpc) is 2.54. The summed E-state index contributed by atoms with van der Waals surface area (Å²) in [6.07, 6.45) is 6.45. The summed E-state index contributed by atoms with van der Waals surface area (Å²) in [6, 6.07) is 8.16. The van der Waals surface area contributed by atoms with Gasteiger partial charge in [0.2, 0.25) is 0 Å². The first-order chi connectivity index (χ1) is 8.16. The van der Waals surface area contributed by atoms with Crippen LogP contribution in [0.3, 0.4) is 0 Å². The Morgan fingerprint density at radius 2 is 2.00 bits per heavy atom. The van der Waals surface area contributed by atoms with Gasteiger partial charge in [-0.05, 0) is 62.4 Å². The molecule has 17 heavy (non-hydrogen) atoms. The molecule has 0 N–H and O–H groups in total. The van der Waals surface area contributed by atoms with Crippen LogP contribution < -0.4 is 0 Å². The van der Waals surface area contributed by atoms with Crippen LogP contribution in [-0.2, 0) is 0 Å². The number of hydrogen-bond acceptors (Lipinski definition) is 1. The Morgan fingerprint density at radius 1 is 1.18 bits per heavy atom. The van der Waals surface area contributed by atoms with E-state index in [1.165, 1.54) is 36.0 Å². The highest BCUT2D eigenvalue weighted by molar-refractivity contribution is 5.71. The Balaban J connectivity index is 2.01. The van der Waals surface area contributed by atoms with Crippen molar-refractivity contribution in [2.24, 2.45) is 0 Å². The van der Waals surface area contributed by atoms with Gasteiger partial charge in [0.1, 0.15) is 0 Å². The fourth-order valence-electron chi connectivity index (χ4n) is 3.34. The highest BCUT2D eigenvalue weighted by Gasteiger charge is 2.34. The summed E-state index contributed by atoms with van der Waals surface area (Å²) in [6.45, 7) is 4.47. The van der Waals surface area contributed by atoms with Crippen LogP contribution in [0.1, 0.15) is 36.0 Å². The van der Waals surface area contributed by atoms with Crippen LogP contribution in [0.5, 0.6) is 0 Å². The first-order valence-electron chi connectivity index (χ1n) is 6.66. The van der Waals surface area contributed by atoms with Gasteiger partial charge >= 0.3 is 0 Å². The molecule has 0 amide bonds. The maximum Gasteiger partial charge on any atom is 0.0284 e. The second-order valence-electron chi connectivity index (χ2n) is 5.61. The van der Waals surface area contributed by atoms with E-state index in [1.807, 2.05) is 0 Å². The molecule has 0 saturated carbocycles. The fraction of sp³-hybridized carbons (Fsp3) is 0.500. The molecular formula is C16H21N. The third kappa shape index (κ3) is 1.73. The third-order valence-electron chi connectivity index (χ3n) is 4.69. The van der Waals surface area contributed by atoms with Crippen molar-refractivity contribution in [2.75, 3.05) is 7.05 Å². The van der Waals surface area contributed by atoms with Gasteiger partial charge in [0.05, 0.1) is 0 Å². The third-order valence-corrected chi connectivity index (χ3v) is 4.69. The molecule has 1 aromatic carbocycles. The molecule has 90 valence electrons. The molecule has 2 aliphatic rings. The SMILES string of the molecule is Cc1cccc(C2=CC3CCC(C2)N3C)c1C. The molecule has 1 fully saturated rings. The predicted octanol–water partition coefficient (Wildman–Crippen LogP) is 3.55. The number of nitrogens with zero attached hydrogens (tertiary/aromatic N) is 1. The molecule has 0 aliphatic carbocycles. The Kier molecular flexibility index (Phi) is 2.59. The zero-order valence-corrected chi connectivity index (χ0v) is 11.0. The lowest BCUT2D eigenvalue weighted by molar-refractivity contribution is 0.264. The topological polar surface area (TPSA) is 3.24 Å². The van der Waals surface area contributed by atoms with Crippen molar-refractivity contribution in [3.05, 3.63) is 41.0 Å². The van der Waals surface area contributed by atoms with E-state index in [4.69, 9.17) is 0 Å². The lowest BCUT2D eigenvalue weighted by atomic mass is 9.90. The molecule has 3 rings (SSSR count). The standard InChI is InChI=1S/C16H21N/c1-11-5-4-6-16(12(11)2)13-9-14-7-8-15(10-13)17(14)3/h4-6,9,14-15H,7-8,10H2,1-3H3. The number of fused-ring (bicyclic) bond motifs is 2. The number of rotatable bonds is 1. The summed E-state index contributed by atoms with van der Waals surface area (Å²) < 4.78 is 0. The van der Waals surface area contributed by atoms with Crippen molar-refractivity contribution in [3.63, 3.8) is 0 Å². The molecule has 2 heterocycles. The van der Waals surface area contributed by atoms with Gasteiger partial charge in [0, 0.05) is 12.1 Å². The normalized spacial score (nSPS) is 28.3. The summed E-state index contributed by atoms with van der Waals surface area (Å²) >= 11 is 0. The van der Waals surface area contributed by atoms with Gasteiger partial charge in [-0.25, -0.2) is 0 Å². The van der Waals surface area contributed by atoms with Gasteiger partial charge in [-0.2, -0.15) is 0 Å². The molecule has 0 spiro atoms. The quantitative estimate of drug-likeness (QED) is 0.709. The van der Waals surface area contributed by atoms with Crippen LogP contribution in [0.4, 0.5) is 0 Å². The molecule has 0 radical (unpaired) electrons. The first kappa shape index (κ1) is 11.0. The van der Waals surface area contributed by atoms with E-state index in [9.17, 15) is 0 Å². The summed E-state index contributed by atoms with van der Waals surface area (Å²) in [4.78, 5) is 2.55. The van der Waals surface area contributed by atoms with E-state index in [2.05, 4.69) is 50.1 Å². The Morgan fingerprint density at radius 3 is 2.76 bits per heavy atom.